The van der Waals surface area contributed by atoms with Gasteiger partial charge in [-0.3, -0.25) is 4.79 Å². The number of hydrogen-bond acceptors (Lipinski definition) is 3. The van der Waals surface area contributed by atoms with Gasteiger partial charge in [0.1, 0.15) is 5.82 Å². The lowest BCUT2D eigenvalue weighted by Gasteiger charge is -2.36. The van der Waals surface area contributed by atoms with Gasteiger partial charge in [-0.15, -0.1) is 0 Å². The number of amides is 1. The summed E-state index contributed by atoms with van der Waals surface area (Å²) in [4.78, 5) is 11.9. The van der Waals surface area contributed by atoms with E-state index in [4.69, 9.17) is 0 Å². The third-order valence-corrected chi connectivity index (χ3v) is 4.07. The highest BCUT2D eigenvalue weighted by Crippen LogP contribution is 2.30. The number of thioether (sulfide) groups is 1. The molecule has 0 aliphatic heterocycles. The Balaban J connectivity index is 2.00. The summed E-state index contributed by atoms with van der Waals surface area (Å²) in [7, 11) is 0. The van der Waals surface area contributed by atoms with Crippen LogP contribution in [-0.4, -0.2) is 29.4 Å². The minimum atomic E-state index is -0.738. The molecule has 1 fully saturated rings. The molecule has 0 saturated heterocycles. The number of rotatable bonds is 5. The molecule has 2 N–H and O–H groups in total. The predicted octanol–water partition coefficient (Wildman–Crippen LogP) is 2.33. The van der Waals surface area contributed by atoms with Crippen LogP contribution in [0.4, 0.5) is 4.39 Å². The van der Waals surface area contributed by atoms with Gasteiger partial charge in [0.05, 0.1) is 5.60 Å². The van der Waals surface area contributed by atoms with Crippen molar-refractivity contribution in [2.75, 3.05) is 12.8 Å². The summed E-state index contributed by atoms with van der Waals surface area (Å²) in [6, 6.07) is 4.36. The van der Waals surface area contributed by atoms with Gasteiger partial charge in [0, 0.05) is 17.9 Å². The molecule has 2 rings (SSSR count). The fourth-order valence-corrected chi connectivity index (χ4v) is 2.62. The lowest BCUT2D eigenvalue weighted by molar-refractivity contribution is -0.0300. The van der Waals surface area contributed by atoms with E-state index in [0.29, 0.717) is 16.9 Å². The van der Waals surface area contributed by atoms with Crippen LogP contribution in [-0.2, 0) is 5.75 Å². The molecule has 19 heavy (non-hydrogen) atoms. The van der Waals surface area contributed by atoms with Crippen molar-refractivity contribution in [1.82, 2.24) is 5.32 Å². The lowest BCUT2D eigenvalue weighted by atomic mass is 9.80. The Morgan fingerprint density at radius 3 is 2.84 bits per heavy atom. The molecule has 104 valence electrons. The third-order valence-electron chi connectivity index (χ3n) is 3.47. The van der Waals surface area contributed by atoms with Gasteiger partial charge in [0.2, 0.25) is 0 Å². The molecule has 5 heteroatoms. The molecule has 1 saturated carbocycles. The van der Waals surface area contributed by atoms with Crippen molar-refractivity contribution in [2.24, 2.45) is 0 Å². The standard InChI is InChI=1S/C14H18FNO2S/c1-19-8-11-7-10(3-4-12(11)15)13(17)16-9-14(18)5-2-6-14/h3-4,7,18H,2,5-6,8-9H2,1H3,(H,16,17). The smallest absolute Gasteiger partial charge is 0.251 e. The van der Waals surface area contributed by atoms with Crippen LogP contribution in [0.1, 0.15) is 35.2 Å². The van der Waals surface area contributed by atoms with Crippen molar-refractivity contribution in [3.63, 3.8) is 0 Å². The molecule has 1 aromatic rings. The summed E-state index contributed by atoms with van der Waals surface area (Å²) in [5.41, 5.74) is 0.230. The number of hydrogen-bond donors (Lipinski definition) is 2. The summed E-state index contributed by atoms with van der Waals surface area (Å²) in [6.45, 7) is 0.265. The van der Waals surface area contributed by atoms with E-state index in [-0.39, 0.29) is 18.3 Å². The minimum Gasteiger partial charge on any atom is -0.388 e. The van der Waals surface area contributed by atoms with Crippen molar-refractivity contribution in [2.45, 2.75) is 30.6 Å². The van der Waals surface area contributed by atoms with Gasteiger partial charge >= 0.3 is 0 Å². The number of nitrogens with one attached hydrogen (secondary N) is 1. The number of carbonyl (C=O) groups excluding carboxylic acids is 1. The molecule has 1 amide bonds. The molecule has 0 unspecified atom stereocenters. The summed E-state index contributed by atoms with van der Waals surface area (Å²) < 4.78 is 13.5. The summed E-state index contributed by atoms with van der Waals surface area (Å²) in [6.07, 6.45) is 4.35. The first-order valence-electron chi connectivity index (χ1n) is 6.32. The predicted molar refractivity (Wildman–Crippen MR) is 74.8 cm³/mol. The van der Waals surface area contributed by atoms with E-state index < -0.39 is 5.60 Å². The van der Waals surface area contributed by atoms with Crippen LogP contribution in [0, 0.1) is 5.82 Å². The number of halogens is 1. The molecule has 1 aromatic carbocycles. The van der Waals surface area contributed by atoms with Crippen LogP contribution in [0.15, 0.2) is 18.2 Å². The largest absolute Gasteiger partial charge is 0.388 e. The summed E-state index contributed by atoms with van der Waals surface area (Å²) in [5, 5.41) is 12.6. The van der Waals surface area contributed by atoms with E-state index in [9.17, 15) is 14.3 Å². The first-order chi connectivity index (χ1) is 9.04. The number of aliphatic hydroxyl groups is 1. The van der Waals surface area contributed by atoms with Crippen LogP contribution < -0.4 is 5.32 Å². The van der Waals surface area contributed by atoms with Gasteiger partial charge in [-0.2, -0.15) is 11.8 Å². The topological polar surface area (TPSA) is 49.3 Å². The van der Waals surface area contributed by atoms with E-state index in [1.165, 1.54) is 23.9 Å². The Morgan fingerprint density at radius 1 is 1.53 bits per heavy atom. The SMILES string of the molecule is CSCc1cc(C(=O)NCC2(O)CCC2)ccc1F. The van der Waals surface area contributed by atoms with Crippen molar-refractivity contribution in [3.05, 3.63) is 35.1 Å². The summed E-state index contributed by atoms with van der Waals surface area (Å²) in [5.74, 6) is -0.0112. The van der Waals surface area contributed by atoms with Crippen LogP contribution in [0.25, 0.3) is 0 Å². The molecule has 0 spiro atoms. The van der Waals surface area contributed by atoms with Gasteiger partial charge in [0.25, 0.3) is 5.91 Å². The maximum atomic E-state index is 13.5. The first-order valence-corrected chi connectivity index (χ1v) is 7.71. The van der Waals surface area contributed by atoms with E-state index >= 15 is 0 Å². The third kappa shape index (κ3) is 3.48. The van der Waals surface area contributed by atoms with E-state index in [1.807, 2.05) is 6.26 Å². The van der Waals surface area contributed by atoms with E-state index in [0.717, 1.165) is 19.3 Å². The Hall–Kier alpha value is -1.07. The maximum Gasteiger partial charge on any atom is 0.251 e. The molecule has 0 aromatic heterocycles. The summed E-state index contributed by atoms with van der Waals surface area (Å²) >= 11 is 1.51. The average molecular weight is 283 g/mol. The molecule has 1 aliphatic carbocycles. The zero-order valence-corrected chi connectivity index (χ0v) is 11.7. The molecular formula is C14H18FNO2S. The normalized spacial score (nSPS) is 16.8. The maximum absolute atomic E-state index is 13.5. The Bertz CT molecular complexity index is 475. The highest BCUT2D eigenvalue weighted by molar-refractivity contribution is 7.97. The van der Waals surface area contributed by atoms with Crippen LogP contribution in [0.5, 0.6) is 0 Å². The van der Waals surface area contributed by atoms with Crippen molar-refractivity contribution in [1.29, 1.82) is 0 Å². The second-order valence-electron chi connectivity index (χ2n) is 5.00. The molecule has 3 nitrogen and oxygen atoms in total. The monoisotopic (exact) mass is 283 g/mol. The molecule has 0 heterocycles. The van der Waals surface area contributed by atoms with Gasteiger partial charge in [-0.1, -0.05) is 0 Å². The van der Waals surface area contributed by atoms with Gasteiger partial charge in [-0.05, 0) is 49.3 Å². The minimum absolute atomic E-state index is 0.261. The van der Waals surface area contributed by atoms with E-state index in [2.05, 4.69) is 5.32 Å². The Labute approximate surface area is 116 Å². The molecule has 0 atom stereocenters. The van der Waals surface area contributed by atoms with Crippen LogP contribution in [0.3, 0.4) is 0 Å². The number of carbonyl (C=O) groups is 1. The quantitative estimate of drug-likeness (QED) is 0.872. The van der Waals surface area contributed by atoms with Gasteiger partial charge in [0.15, 0.2) is 0 Å². The Kier molecular flexibility index (Phi) is 4.47. The molecule has 1 aliphatic rings. The fraction of sp³-hybridized carbons (Fsp3) is 0.500. The lowest BCUT2D eigenvalue weighted by Crippen LogP contribution is -2.47. The molecular weight excluding hydrogens is 265 g/mol. The van der Waals surface area contributed by atoms with Gasteiger partial charge < -0.3 is 10.4 Å². The second-order valence-corrected chi connectivity index (χ2v) is 5.87. The molecule has 0 radical (unpaired) electrons. The Morgan fingerprint density at radius 2 is 2.26 bits per heavy atom. The van der Waals surface area contributed by atoms with Crippen LogP contribution in [0.2, 0.25) is 0 Å². The zero-order chi connectivity index (χ0) is 13.9. The zero-order valence-electron chi connectivity index (χ0n) is 10.9. The van der Waals surface area contributed by atoms with Crippen molar-refractivity contribution < 1.29 is 14.3 Å². The van der Waals surface area contributed by atoms with Gasteiger partial charge in [-0.25, -0.2) is 4.39 Å². The van der Waals surface area contributed by atoms with Crippen molar-refractivity contribution >= 4 is 17.7 Å². The molecule has 0 bridgehead atoms. The van der Waals surface area contributed by atoms with E-state index in [1.54, 1.807) is 6.07 Å². The van der Waals surface area contributed by atoms with Crippen molar-refractivity contribution in [3.8, 4) is 0 Å². The first kappa shape index (κ1) is 14.3. The average Bonchev–Trinajstić information content (AvgIpc) is 2.36. The van der Waals surface area contributed by atoms with Crippen LogP contribution >= 0.6 is 11.8 Å². The fourth-order valence-electron chi connectivity index (χ4n) is 2.09. The highest BCUT2D eigenvalue weighted by atomic mass is 32.2. The second kappa shape index (κ2) is 5.92. The number of benzene rings is 1. The highest BCUT2D eigenvalue weighted by Gasteiger charge is 2.34.